The van der Waals surface area contributed by atoms with E-state index in [1.54, 1.807) is 0 Å². The molecule has 94 valence electrons. The van der Waals surface area contributed by atoms with Crippen molar-refractivity contribution in [3.63, 3.8) is 0 Å². The average molecular weight is 232 g/mol. The zero-order chi connectivity index (χ0) is 12.2. The lowest BCUT2D eigenvalue weighted by Crippen LogP contribution is -2.52. The van der Waals surface area contributed by atoms with Crippen molar-refractivity contribution in [2.75, 3.05) is 26.9 Å². The van der Waals surface area contributed by atoms with E-state index in [9.17, 15) is 4.79 Å². The smallest absolute Gasteiger partial charge is 0.438 e. The van der Waals surface area contributed by atoms with Crippen molar-refractivity contribution >= 4 is 6.16 Å². The molecule has 0 aromatic rings. The first kappa shape index (κ1) is 13.3. The minimum absolute atomic E-state index is 0.138. The molecule has 1 aliphatic rings. The molecule has 2 atom stereocenters. The molecule has 5 heteroatoms. The third-order valence-electron chi connectivity index (χ3n) is 2.86. The number of ether oxygens (including phenoxy) is 4. The van der Waals surface area contributed by atoms with Crippen molar-refractivity contribution in [1.29, 1.82) is 0 Å². The summed E-state index contributed by atoms with van der Waals surface area (Å²) in [7, 11) is 1.27. The van der Waals surface area contributed by atoms with Gasteiger partial charge in [0.15, 0.2) is 0 Å². The Hall–Kier alpha value is -0.810. The monoisotopic (exact) mass is 232 g/mol. The lowest BCUT2D eigenvalue weighted by Gasteiger charge is -2.42. The van der Waals surface area contributed by atoms with Crippen LogP contribution in [0.2, 0.25) is 0 Å². The van der Waals surface area contributed by atoms with Crippen molar-refractivity contribution in [3.8, 4) is 0 Å². The molecule has 0 saturated carbocycles. The van der Waals surface area contributed by atoms with Gasteiger partial charge in [0.1, 0.15) is 12.2 Å². The molecule has 0 spiro atoms. The largest absolute Gasteiger partial charge is 0.508 e. The van der Waals surface area contributed by atoms with Crippen LogP contribution in [-0.4, -0.2) is 44.3 Å². The molecule has 0 N–H and O–H groups in total. The molecule has 2 unspecified atom stereocenters. The van der Waals surface area contributed by atoms with Gasteiger partial charge in [0.25, 0.3) is 0 Å². The topological polar surface area (TPSA) is 54.0 Å². The van der Waals surface area contributed by atoms with Gasteiger partial charge in [-0.3, -0.25) is 0 Å². The number of carbonyl (C=O) groups is 1. The fraction of sp³-hybridized carbons (Fsp3) is 0.909. The van der Waals surface area contributed by atoms with Gasteiger partial charge in [-0.2, -0.15) is 0 Å². The van der Waals surface area contributed by atoms with Crippen molar-refractivity contribution < 1.29 is 23.7 Å². The van der Waals surface area contributed by atoms with Crippen LogP contribution in [0.1, 0.15) is 27.2 Å². The van der Waals surface area contributed by atoms with Gasteiger partial charge in [0.2, 0.25) is 0 Å². The summed E-state index contributed by atoms with van der Waals surface area (Å²) in [6, 6.07) is 0. The van der Waals surface area contributed by atoms with Crippen molar-refractivity contribution in [3.05, 3.63) is 0 Å². The highest BCUT2D eigenvalue weighted by molar-refractivity contribution is 5.59. The van der Waals surface area contributed by atoms with Crippen LogP contribution >= 0.6 is 0 Å². The number of carbonyl (C=O) groups excluding carboxylic acids is 1. The number of rotatable bonds is 3. The van der Waals surface area contributed by atoms with Gasteiger partial charge in [0, 0.05) is 0 Å². The van der Waals surface area contributed by atoms with Crippen LogP contribution in [-0.2, 0) is 18.9 Å². The van der Waals surface area contributed by atoms with Gasteiger partial charge >= 0.3 is 6.16 Å². The van der Waals surface area contributed by atoms with Gasteiger partial charge in [-0.15, -0.1) is 0 Å². The van der Waals surface area contributed by atoms with E-state index in [0.29, 0.717) is 13.2 Å². The summed E-state index contributed by atoms with van der Waals surface area (Å²) in [5.74, 6) is 0. The Morgan fingerprint density at radius 3 is 2.25 bits per heavy atom. The van der Waals surface area contributed by atoms with Gasteiger partial charge in [-0.25, -0.2) is 4.79 Å². The van der Waals surface area contributed by atoms with E-state index in [1.165, 1.54) is 7.11 Å². The first-order valence-electron chi connectivity index (χ1n) is 5.42. The van der Waals surface area contributed by atoms with Crippen LogP contribution in [0.4, 0.5) is 4.79 Å². The molecule has 1 aliphatic heterocycles. The van der Waals surface area contributed by atoms with Crippen LogP contribution in [0.5, 0.6) is 0 Å². The Balaban J connectivity index is 2.41. The zero-order valence-corrected chi connectivity index (χ0v) is 10.4. The molecule has 0 aliphatic carbocycles. The highest BCUT2D eigenvalue weighted by Crippen LogP contribution is 2.27. The number of hydrogen-bond acceptors (Lipinski definition) is 5. The maximum absolute atomic E-state index is 10.8. The lowest BCUT2D eigenvalue weighted by molar-refractivity contribution is -0.234. The maximum Gasteiger partial charge on any atom is 0.508 e. The summed E-state index contributed by atoms with van der Waals surface area (Å²) in [4.78, 5) is 10.8. The Bertz CT molecular complexity index is 243. The minimum atomic E-state index is -0.700. The standard InChI is InChI=1S/C11H20O5/c1-5-10(2)7-16-11(3,8-15-10)6-14-9(12)13-4/h5-8H2,1-4H3. The Morgan fingerprint density at radius 1 is 1.25 bits per heavy atom. The first-order valence-corrected chi connectivity index (χ1v) is 5.42. The molecule has 0 aromatic carbocycles. The van der Waals surface area contributed by atoms with Crippen molar-refractivity contribution in [2.24, 2.45) is 0 Å². The highest BCUT2D eigenvalue weighted by atomic mass is 16.7. The Kier molecular flexibility index (Phi) is 4.15. The van der Waals surface area contributed by atoms with Crippen LogP contribution in [0, 0.1) is 0 Å². The summed E-state index contributed by atoms with van der Waals surface area (Å²) < 4.78 is 20.7. The zero-order valence-electron chi connectivity index (χ0n) is 10.4. The van der Waals surface area contributed by atoms with Crippen LogP contribution < -0.4 is 0 Å². The van der Waals surface area contributed by atoms with Crippen LogP contribution in [0.25, 0.3) is 0 Å². The molecule has 1 rings (SSSR count). The predicted molar refractivity (Wildman–Crippen MR) is 57.4 cm³/mol. The molecule has 0 aromatic heterocycles. The van der Waals surface area contributed by atoms with E-state index in [4.69, 9.17) is 14.2 Å². The number of methoxy groups -OCH3 is 1. The van der Waals surface area contributed by atoms with Crippen LogP contribution in [0.3, 0.4) is 0 Å². The quantitative estimate of drug-likeness (QED) is 0.694. The molecule has 0 amide bonds. The van der Waals surface area contributed by atoms with E-state index in [0.717, 1.165) is 6.42 Å². The summed E-state index contributed by atoms with van der Waals surface area (Å²) >= 11 is 0. The molecule has 1 fully saturated rings. The molecule has 16 heavy (non-hydrogen) atoms. The fourth-order valence-electron chi connectivity index (χ4n) is 1.30. The van der Waals surface area contributed by atoms with E-state index < -0.39 is 11.8 Å². The molecule has 5 nitrogen and oxygen atoms in total. The van der Waals surface area contributed by atoms with E-state index >= 15 is 0 Å². The van der Waals surface area contributed by atoms with Crippen molar-refractivity contribution in [2.45, 2.75) is 38.4 Å². The molecule has 0 radical (unpaired) electrons. The Morgan fingerprint density at radius 2 is 1.81 bits per heavy atom. The molecule has 1 heterocycles. The maximum atomic E-state index is 10.8. The summed E-state index contributed by atoms with van der Waals surface area (Å²) in [5, 5.41) is 0. The van der Waals surface area contributed by atoms with Crippen molar-refractivity contribution in [1.82, 2.24) is 0 Å². The summed E-state index contributed by atoms with van der Waals surface area (Å²) in [6.07, 6.45) is 0.189. The molecule has 0 bridgehead atoms. The van der Waals surface area contributed by atoms with Gasteiger partial charge < -0.3 is 18.9 Å². The molecular formula is C11H20O5. The van der Waals surface area contributed by atoms with Gasteiger partial charge in [-0.1, -0.05) is 6.92 Å². The van der Waals surface area contributed by atoms with E-state index in [1.807, 2.05) is 13.8 Å². The second-order valence-corrected chi connectivity index (χ2v) is 4.57. The SMILES string of the molecule is CCC1(C)COC(C)(COC(=O)OC)CO1. The molecule has 1 saturated heterocycles. The third-order valence-corrected chi connectivity index (χ3v) is 2.86. The number of hydrogen-bond donors (Lipinski definition) is 0. The average Bonchev–Trinajstić information content (AvgIpc) is 2.31. The second kappa shape index (κ2) is 5.01. The summed E-state index contributed by atoms with van der Waals surface area (Å²) in [6.45, 7) is 6.97. The predicted octanol–water partition coefficient (Wildman–Crippen LogP) is 1.74. The first-order chi connectivity index (χ1) is 7.43. The van der Waals surface area contributed by atoms with Gasteiger partial charge in [0.05, 0.1) is 25.9 Å². The minimum Gasteiger partial charge on any atom is -0.438 e. The van der Waals surface area contributed by atoms with Crippen LogP contribution in [0.15, 0.2) is 0 Å². The highest BCUT2D eigenvalue weighted by Gasteiger charge is 2.39. The van der Waals surface area contributed by atoms with Gasteiger partial charge in [-0.05, 0) is 20.3 Å². The van der Waals surface area contributed by atoms with E-state index in [-0.39, 0.29) is 12.2 Å². The molecular weight excluding hydrogens is 212 g/mol. The third kappa shape index (κ3) is 3.35. The summed E-state index contributed by atoms with van der Waals surface area (Å²) in [5.41, 5.74) is -0.812. The fourth-order valence-corrected chi connectivity index (χ4v) is 1.30. The second-order valence-electron chi connectivity index (χ2n) is 4.57. The Labute approximate surface area is 96.0 Å². The van der Waals surface area contributed by atoms with E-state index in [2.05, 4.69) is 11.7 Å². The normalized spacial score (nSPS) is 34.5. The lowest BCUT2D eigenvalue weighted by atomic mass is 10.00.